The van der Waals surface area contributed by atoms with Crippen LogP contribution in [0.3, 0.4) is 0 Å². The number of fused-ring (bicyclic) bond motifs is 1. The number of ether oxygens (including phenoxy) is 1. The second kappa shape index (κ2) is 7.23. The third-order valence-electron chi connectivity index (χ3n) is 3.53. The van der Waals surface area contributed by atoms with Crippen molar-refractivity contribution in [3.63, 3.8) is 0 Å². The highest BCUT2D eigenvalue weighted by atomic mass is 32.2. The lowest BCUT2D eigenvalue weighted by Gasteiger charge is -2.30. The average Bonchev–Trinajstić information content (AvgIpc) is 2.52. The zero-order valence-corrected chi connectivity index (χ0v) is 14.2. The Hall–Kier alpha value is -1.13. The summed E-state index contributed by atoms with van der Waals surface area (Å²) in [5, 5.41) is 2.42. The van der Waals surface area contributed by atoms with Crippen LogP contribution in [0.25, 0.3) is 10.8 Å². The Kier molecular flexibility index (Phi) is 5.59. The number of esters is 1. The summed E-state index contributed by atoms with van der Waals surface area (Å²) < 4.78 is 4.85. The highest BCUT2D eigenvalue weighted by molar-refractivity contribution is 8.16. The number of benzene rings is 2. The van der Waals surface area contributed by atoms with Gasteiger partial charge in [0.25, 0.3) is 0 Å². The maximum absolute atomic E-state index is 12.0. The molecular formula is C17H20O2S2. The van der Waals surface area contributed by atoms with E-state index in [1.807, 2.05) is 31.6 Å². The zero-order chi connectivity index (χ0) is 15.3. The van der Waals surface area contributed by atoms with Gasteiger partial charge < -0.3 is 4.74 Å². The molecule has 2 aromatic carbocycles. The number of carbonyl (C=O) groups excluding carboxylic acids is 1. The van der Waals surface area contributed by atoms with Gasteiger partial charge in [-0.15, -0.1) is 23.5 Å². The third kappa shape index (κ3) is 3.55. The number of rotatable bonds is 6. The van der Waals surface area contributed by atoms with Gasteiger partial charge in [0.05, 0.1) is 17.1 Å². The van der Waals surface area contributed by atoms with E-state index in [4.69, 9.17) is 4.74 Å². The summed E-state index contributed by atoms with van der Waals surface area (Å²) in [5.74, 6) is -0.144. The smallest absolute Gasteiger partial charge is 0.308 e. The van der Waals surface area contributed by atoms with Gasteiger partial charge in [0.1, 0.15) is 0 Å². The molecule has 0 aromatic heterocycles. The minimum absolute atomic E-state index is 0.144. The second-order valence-electron chi connectivity index (χ2n) is 4.70. The molecule has 0 spiro atoms. The molecule has 0 aliphatic rings. The van der Waals surface area contributed by atoms with Gasteiger partial charge in [-0.1, -0.05) is 36.4 Å². The molecule has 21 heavy (non-hydrogen) atoms. The number of thioether (sulfide) groups is 2. The fourth-order valence-corrected chi connectivity index (χ4v) is 4.31. The van der Waals surface area contributed by atoms with E-state index in [0.29, 0.717) is 13.0 Å². The van der Waals surface area contributed by atoms with Crippen LogP contribution in [0, 0.1) is 0 Å². The average molecular weight is 320 g/mol. The van der Waals surface area contributed by atoms with Crippen molar-refractivity contribution in [3.05, 3.63) is 48.0 Å². The molecule has 0 heterocycles. The molecule has 0 N–H and O–H groups in total. The Balaban J connectivity index is 2.41. The predicted octanol–water partition coefficient (Wildman–Crippen LogP) is 4.67. The van der Waals surface area contributed by atoms with Crippen LogP contribution in [0.5, 0.6) is 0 Å². The fourth-order valence-electron chi connectivity index (χ4n) is 2.39. The molecule has 0 radical (unpaired) electrons. The summed E-state index contributed by atoms with van der Waals surface area (Å²) in [6.45, 7) is 2.27. The van der Waals surface area contributed by atoms with E-state index in [0.717, 1.165) is 5.56 Å². The van der Waals surface area contributed by atoms with Crippen molar-refractivity contribution >= 4 is 40.3 Å². The van der Waals surface area contributed by atoms with Crippen LogP contribution in [0.1, 0.15) is 18.9 Å². The first-order valence-corrected chi connectivity index (χ1v) is 9.35. The van der Waals surface area contributed by atoms with Crippen LogP contribution >= 0.6 is 23.5 Å². The summed E-state index contributed by atoms with van der Waals surface area (Å²) in [4.78, 5) is 12.0. The van der Waals surface area contributed by atoms with Crippen molar-refractivity contribution < 1.29 is 9.53 Å². The van der Waals surface area contributed by atoms with Crippen LogP contribution in [0.15, 0.2) is 42.5 Å². The van der Waals surface area contributed by atoms with Crippen LogP contribution in [-0.2, 0) is 13.6 Å². The molecule has 2 aromatic rings. The molecule has 0 saturated heterocycles. The van der Waals surface area contributed by atoms with E-state index >= 15 is 0 Å². The fraction of sp³-hybridized carbons (Fsp3) is 0.353. The normalized spacial score (nSPS) is 11.6. The van der Waals surface area contributed by atoms with Gasteiger partial charge >= 0.3 is 5.97 Å². The van der Waals surface area contributed by atoms with Crippen LogP contribution in [0.4, 0.5) is 0 Å². The Morgan fingerprint density at radius 1 is 1.10 bits per heavy atom. The van der Waals surface area contributed by atoms with Gasteiger partial charge in [0.15, 0.2) is 0 Å². The van der Waals surface area contributed by atoms with Crippen LogP contribution < -0.4 is 0 Å². The van der Waals surface area contributed by atoms with Gasteiger partial charge in [-0.2, -0.15) is 0 Å². The molecule has 0 atom stereocenters. The van der Waals surface area contributed by atoms with E-state index in [2.05, 4.69) is 30.3 Å². The molecule has 4 heteroatoms. The van der Waals surface area contributed by atoms with Crippen molar-refractivity contribution in [2.45, 2.75) is 17.4 Å². The van der Waals surface area contributed by atoms with E-state index < -0.39 is 0 Å². The number of carbonyl (C=O) groups is 1. The van der Waals surface area contributed by atoms with Crippen molar-refractivity contribution in [2.24, 2.45) is 0 Å². The summed E-state index contributed by atoms with van der Waals surface area (Å²) in [5.41, 5.74) is 1.16. The molecule has 0 unspecified atom stereocenters. The maximum atomic E-state index is 12.0. The summed E-state index contributed by atoms with van der Waals surface area (Å²) >= 11 is 3.39. The SMILES string of the molecule is CCOC(=O)CC(SC)(SC)c1ccc2ccccc2c1. The Bertz CT molecular complexity index is 621. The highest BCUT2D eigenvalue weighted by Gasteiger charge is 2.34. The quantitative estimate of drug-likeness (QED) is 0.570. The monoisotopic (exact) mass is 320 g/mol. The highest BCUT2D eigenvalue weighted by Crippen LogP contribution is 2.47. The largest absolute Gasteiger partial charge is 0.466 e. The standard InChI is InChI=1S/C17H20O2S2/c1-4-19-16(18)12-17(20-2,21-3)15-10-9-13-7-5-6-8-14(13)11-15/h5-11H,4,12H2,1-3H3. The molecular weight excluding hydrogens is 300 g/mol. The lowest BCUT2D eigenvalue weighted by molar-refractivity contribution is -0.143. The molecule has 0 fully saturated rings. The number of hydrogen-bond donors (Lipinski definition) is 0. The van der Waals surface area contributed by atoms with Crippen LogP contribution in [-0.4, -0.2) is 25.1 Å². The molecule has 2 rings (SSSR count). The van der Waals surface area contributed by atoms with Gasteiger partial charge in [-0.25, -0.2) is 0 Å². The van der Waals surface area contributed by atoms with Crippen molar-refractivity contribution in [2.75, 3.05) is 19.1 Å². The Morgan fingerprint density at radius 3 is 2.38 bits per heavy atom. The first-order valence-electron chi connectivity index (χ1n) is 6.90. The van der Waals surface area contributed by atoms with Gasteiger partial charge in [-0.05, 0) is 41.8 Å². The van der Waals surface area contributed by atoms with Gasteiger partial charge in [0, 0.05) is 0 Å². The predicted molar refractivity (Wildman–Crippen MR) is 93.9 cm³/mol. The molecule has 0 aliphatic carbocycles. The molecule has 0 amide bonds. The van der Waals surface area contributed by atoms with E-state index in [-0.39, 0.29) is 10.0 Å². The molecule has 0 aliphatic heterocycles. The van der Waals surface area contributed by atoms with Crippen LogP contribution in [0.2, 0.25) is 0 Å². The maximum Gasteiger partial charge on any atom is 0.308 e. The van der Waals surface area contributed by atoms with E-state index in [9.17, 15) is 4.79 Å². The molecule has 0 saturated carbocycles. The zero-order valence-electron chi connectivity index (χ0n) is 12.6. The third-order valence-corrected chi connectivity index (χ3v) is 6.61. The Labute approximate surface area is 134 Å². The van der Waals surface area contributed by atoms with Gasteiger partial charge in [0.2, 0.25) is 0 Å². The van der Waals surface area contributed by atoms with Gasteiger partial charge in [-0.3, -0.25) is 4.79 Å². The second-order valence-corrected chi connectivity index (χ2v) is 7.17. The minimum Gasteiger partial charge on any atom is -0.466 e. The summed E-state index contributed by atoms with van der Waals surface area (Å²) in [6, 6.07) is 14.7. The summed E-state index contributed by atoms with van der Waals surface area (Å²) in [6.07, 6.45) is 4.47. The molecule has 0 bridgehead atoms. The lowest BCUT2D eigenvalue weighted by atomic mass is 10.0. The molecule has 2 nitrogen and oxygen atoms in total. The molecule has 112 valence electrons. The number of hydrogen-bond acceptors (Lipinski definition) is 4. The first kappa shape index (κ1) is 16.2. The van der Waals surface area contributed by atoms with E-state index in [1.54, 1.807) is 23.5 Å². The van der Waals surface area contributed by atoms with E-state index in [1.165, 1.54) is 10.8 Å². The van der Waals surface area contributed by atoms with Crippen molar-refractivity contribution in [1.29, 1.82) is 0 Å². The first-order chi connectivity index (χ1) is 10.1. The minimum atomic E-state index is -0.295. The Morgan fingerprint density at radius 2 is 1.76 bits per heavy atom. The van der Waals surface area contributed by atoms with Crippen molar-refractivity contribution in [1.82, 2.24) is 0 Å². The summed E-state index contributed by atoms with van der Waals surface area (Å²) in [7, 11) is 0. The van der Waals surface area contributed by atoms with Crippen molar-refractivity contribution in [3.8, 4) is 0 Å². The topological polar surface area (TPSA) is 26.3 Å². The lowest BCUT2D eigenvalue weighted by Crippen LogP contribution is -2.23.